The first-order chi connectivity index (χ1) is 9.63. The number of fused-ring (bicyclic) bond motifs is 1. The van der Waals surface area contributed by atoms with Gasteiger partial charge in [0.15, 0.2) is 5.65 Å². The highest BCUT2D eigenvalue weighted by Gasteiger charge is 2.10. The first-order valence-corrected chi connectivity index (χ1v) is 6.46. The van der Waals surface area contributed by atoms with Crippen LogP contribution in [-0.2, 0) is 0 Å². The summed E-state index contributed by atoms with van der Waals surface area (Å²) in [6.07, 6.45) is 1.52. The molecule has 3 aromatic rings. The van der Waals surface area contributed by atoms with Crippen LogP contribution in [0.15, 0.2) is 42.7 Å². The molecule has 1 aromatic carbocycles. The first-order valence-electron chi connectivity index (χ1n) is 6.46. The lowest BCUT2D eigenvalue weighted by Crippen LogP contribution is -2.10. The number of benzene rings is 1. The Labute approximate surface area is 116 Å². The van der Waals surface area contributed by atoms with Crippen molar-refractivity contribution < 1.29 is 4.39 Å². The van der Waals surface area contributed by atoms with Gasteiger partial charge < -0.3 is 5.32 Å². The van der Waals surface area contributed by atoms with Gasteiger partial charge in [-0.2, -0.15) is 9.61 Å². The third-order valence-electron chi connectivity index (χ3n) is 3.24. The van der Waals surface area contributed by atoms with Crippen molar-refractivity contribution >= 4 is 11.5 Å². The lowest BCUT2D eigenvalue weighted by atomic mass is 10.1. The van der Waals surface area contributed by atoms with E-state index in [1.165, 1.54) is 18.5 Å². The van der Waals surface area contributed by atoms with Crippen molar-refractivity contribution in [2.75, 3.05) is 5.32 Å². The molecule has 0 fully saturated rings. The SMILES string of the molecule is Cc1cc(NC(C)c2cccc(F)c2)n2ncnc2c1. The van der Waals surface area contributed by atoms with Gasteiger partial charge in [-0.3, -0.25) is 0 Å². The van der Waals surface area contributed by atoms with Gasteiger partial charge in [-0.05, 0) is 49.2 Å². The molecule has 20 heavy (non-hydrogen) atoms. The summed E-state index contributed by atoms with van der Waals surface area (Å²) < 4.78 is 15.0. The number of nitrogens with zero attached hydrogens (tertiary/aromatic N) is 3. The van der Waals surface area contributed by atoms with Crippen LogP contribution in [0.5, 0.6) is 0 Å². The largest absolute Gasteiger partial charge is 0.363 e. The predicted molar refractivity (Wildman–Crippen MR) is 76.2 cm³/mol. The quantitative estimate of drug-likeness (QED) is 0.793. The Morgan fingerprint density at radius 1 is 1.25 bits per heavy atom. The second-order valence-corrected chi connectivity index (χ2v) is 4.87. The molecule has 0 aliphatic rings. The van der Waals surface area contributed by atoms with Crippen LogP contribution in [0.25, 0.3) is 5.65 Å². The number of nitrogens with one attached hydrogen (secondary N) is 1. The number of halogens is 1. The minimum Gasteiger partial charge on any atom is -0.363 e. The van der Waals surface area contributed by atoms with E-state index >= 15 is 0 Å². The van der Waals surface area contributed by atoms with E-state index < -0.39 is 0 Å². The molecule has 2 heterocycles. The van der Waals surface area contributed by atoms with E-state index in [2.05, 4.69) is 15.4 Å². The van der Waals surface area contributed by atoms with Gasteiger partial charge in [0.2, 0.25) is 0 Å². The zero-order chi connectivity index (χ0) is 14.1. The molecular weight excluding hydrogens is 255 g/mol. The number of hydrogen-bond donors (Lipinski definition) is 1. The highest BCUT2D eigenvalue weighted by Crippen LogP contribution is 2.21. The van der Waals surface area contributed by atoms with E-state index in [1.807, 2.05) is 32.0 Å². The number of pyridine rings is 1. The van der Waals surface area contributed by atoms with E-state index in [0.717, 1.165) is 22.6 Å². The van der Waals surface area contributed by atoms with E-state index in [1.54, 1.807) is 10.6 Å². The smallest absolute Gasteiger partial charge is 0.157 e. The van der Waals surface area contributed by atoms with E-state index in [4.69, 9.17) is 0 Å². The molecule has 0 radical (unpaired) electrons. The molecule has 1 N–H and O–H groups in total. The van der Waals surface area contributed by atoms with Crippen molar-refractivity contribution in [2.24, 2.45) is 0 Å². The second-order valence-electron chi connectivity index (χ2n) is 4.87. The molecule has 102 valence electrons. The molecule has 0 saturated heterocycles. The lowest BCUT2D eigenvalue weighted by molar-refractivity contribution is 0.623. The topological polar surface area (TPSA) is 42.2 Å². The van der Waals surface area contributed by atoms with Crippen molar-refractivity contribution in [2.45, 2.75) is 19.9 Å². The summed E-state index contributed by atoms with van der Waals surface area (Å²) in [5, 5.41) is 7.54. The highest BCUT2D eigenvalue weighted by atomic mass is 19.1. The number of rotatable bonds is 3. The maximum Gasteiger partial charge on any atom is 0.157 e. The van der Waals surface area contributed by atoms with Crippen molar-refractivity contribution in [3.05, 3.63) is 59.7 Å². The molecule has 0 bridgehead atoms. The zero-order valence-electron chi connectivity index (χ0n) is 11.3. The summed E-state index contributed by atoms with van der Waals surface area (Å²) in [7, 11) is 0. The van der Waals surface area contributed by atoms with E-state index in [9.17, 15) is 4.39 Å². The molecule has 0 spiro atoms. The predicted octanol–water partition coefficient (Wildman–Crippen LogP) is 3.35. The van der Waals surface area contributed by atoms with Crippen molar-refractivity contribution in [3.63, 3.8) is 0 Å². The van der Waals surface area contributed by atoms with Crippen LogP contribution in [0.3, 0.4) is 0 Å². The Bertz CT molecular complexity index is 750. The average molecular weight is 270 g/mol. The fourth-order valence-electron chi connectivity index (χ4n) is 2.24. The van der Waals surface area contributed by atoms with Crippen molar-refractivity contribution in [1.29, 1.82) is 0 Å². The van der Waals surface area contributed by atoms with Crippen LogP contribution in [0.2, 0.25) is 0 Å². The molecule has 0 aliphatic heterocycles. The normalized spacial score (nSPS) is 12.6. The van der Waals surface area contributed by atoms with Gasteiger partial charge in [0.25, 0.3) is 0 Å². The minimum absolute atomic E-state index is 0.0279. The summed E-state index contributed by atoms with van der Waals surface area (Å²) in [5.41, 5.74) is 2.78. The Morgan fingerprint density at radius 3 is 2.90 bits per heavy atom. The maximum atomic E-state index is 13.3. The van der Waals surface area contributed by atoms with Crippen LogP contribution in [0.1, 0.15) is 24.1 Å². The molecular formula is C15H15FN4. The summed E-state index contributed by atoms with van der Waals surface area (Å²) in [6.45, 7) is 3.99. The maximum absolute atomic E-state index is 13.3. The minimum atomic E-state index is -0.230. The van der Waals surface area contributed by atoms with Gasteiger partial charge in [0.1, 0.15) is 18.0 Å². The monoisotopic (exact) mass is 270 g/mol. The summed E-state index contributed by atoms with van der Waals surface area (Å²) in [6, 6.07) is 10.5. The second kappa shape index (κ2) is 4.92. The molecule has 1 atom stereocenters. The molecule has 5 heteroatoms. The Balaban J connectivity index is 1.94. The lowest BCUT2D eigenvalue weighted by Gasteiger charge is -2.16. The van der Waals surface area contributed by atoms with Gasteiger partial charge >= 0.3 is 0 Å². The van der Waals surface area contributed by atoms with Gasteiger partial charge in [-0.1, -0.05) is 12.1 Å². The van der Waals surface area contributed by atoms with E-state index in [0.29, 0.717) is 0 Å². The van der Waals surface area contributed by atoms with E-state index in [-0.39, 0.29) is 11.9 Å². The molecule has 1 unspecified atom stereocenters. The van der Waals surface area contributed by atoms with Crippen molar-refractivity contribution in [1.82, 2.24) is 14.6 Å². The number of aromatic nitrogens is 3. The third-order valence-corrected chi connectivity index (χ3v) is 3.24. The Hall–Kier alpha value is -2.43. The van der Waals surface area contributed by atoms with Crippen LogP contribution in [0.4, 0.5) is 10.2 Å². The Kier molecular flexibility index (Phi) is 3.10. The number of hydrogen-bond acceptors (Lipinski definition) is 3. The summed E-state index contributed by atoms with van der Waals surface area (Å²) >= 11 is 0. The molecule has 3 rings (SSSR count). The van der Waals surface area contributed by atoms with Crippen molar-refractivity contribution in [3.8, 4) is 0 Å². The standard InChI is InChI=1S/C15H15FN4/c1-10-6-14-17-9-18-20(14)15(7-10)19-11(2)12-4-3-5-13(16)8-12/h3-9,11,19H,1-2H3. The Morgan fingerprint density at radius 2 is 2.10 bits per heavy atom. The fourth-order valence-corrected chi connectivity index (χ4v) is 2.24. The number of aryl methyl sites for hydroxylation is 1. The third kappa shape index (κ3) is 2.34. The first kappa shape index (κ1) is 12.6. The zero-order valence-corrected chi connectivity index (χ0v) is 11.3. The van der Waals surface area contributed by atoms with Gasteiger partial charge in [-0.15, -0.1) is 0 Å². The van der Waals surface area contributed by atoms with Gasteiger partial charge in [-0.25, -0.2) is 9.37 Å². The molecule has 2 aromatic heterocycles. The fraction of sp³-hybridized carbons (Fsp3) is 0.200. The van der Waals surface area contributed by atoms with Gasteiger partial charge in [0.05, 0.1) is 6.04 Å². The molecule has 4 nitrogen and oxygen atoms in total. The average Bonchev–Trinajstić information content (AvgIpc) is 2.86. The van der Waals surface area contributed by atoms with Gasteiger partial charge in [0, 0.05) is 0 Å². The van der Waals surface area contributed by atoms with Crippen LogP contribution < -0.4 is 5.32 Å². The van der Waals surface area contributed by atoms with Crippen LogP contribution in [-0.4, -0.2) is 14.6 Å². The molecule has 0 aliphatic carbocycles. The number of anilines is 1. The molecule has 0 amide bonds. The summed E-state index contributed by atoms with van der Waals surface area (Å²) in [4.78, 5) is 4.19. The van der Waals surface area contributed by atoms with Crippen LogP contribution >= 0.6 is 0 Å². The molecule has 0 saturated carbocycles. The summed E-state index contributed by atoms with van der Waals surface area (Å²) in [5.74, 6) is 0.612. The highest BCUT2D eigenvalue weighted by molar-refractivity contribution is 5.52. The van der Waals surface area contributed by atoms with Crippen LogP contribution in [0, 0.1) is 12.7 Å².